The molecule has 0 fully saturated rings. The first-order valence-corrected chi connectivity index (χ1v) is 16.9. The van der Waals surface area contributed by atoms with Crippen LogP contribution in [-0.4, -0.2) is 51.4 Å². The SMILES string of the molecule is COc1ccc(S(=O)(=O)N(CC(=O)N(Cc2cccc(Cl)c2)[C@H](Cc2ccccc2)C(=O)NCC(C)C)c2ccc(C)cc2)cc1. The second-order valence-corrected chi connectivity index (χ2v) is 13.8. The Morgan fingerprint density at radius 3 is 2.13 bits per heavy atom. The van der Waals surface area contributed by atoms with Crippen molar-refractivity contribution in [3.63, 3.8) is 0 Å². The van der Waals surface area contributed by atoms with E-state index in [9.17, 15) is 18.0 Å². The van der Waals surface area contributed by atoms with Gasteiger partial charge in [-0.2, -0.15) is 0 Å². The third kappa shape index (κ3) is 9.11. The Labute approximate surface area is 277 Å². The number of anilines is 1. The molecule has 10 heteroatoms. The fraction of sp³-hybridized carbons (Fsp3) is 0.278. The van der Waals surface area contributed by atoms with Crippen LogP contribution < -0.4 is 14.4 Å². The van der Waals surface area contributed by atoms with Crippen LogP contribution in [0.5, 0.6) is 5.75 Å². The number of carbonyl (C=O) groups is 2. The van der Waals surface area contributed by atoms with Gasteiger partial charge in [-0.1, -0.05) is 85.6 Å². The third-order valence-electron chi connectivity index (χ3n) is 7.45. The van der Waals surface area contributed by atoms with Crippen molar-refractivity contribution in [2.75, 3.05) is 24.5 Å². The van der Waals surface area contributed by atoms with Gasteiger partial charge < -0.3 is 15.0 Å². The molecule has 0 aromatic heterocycles. The molecule has 0 radical (unpaired) electrons. The number of hydrogen-bond acceptors (Lipinski definition) is 5. The van der Waals surface area contributed by atoms with Gasteiger partial charge in [0.15, 0.2) is 0 Å². The Hall–Kier alpha value is -4.34. The molecular formula is C36H40ClN3O5S. The number of carbonyl (C=O) groups excluding carboxylic acids is 2. The Balaban J connectivity index is 1.79. The molecule has 2 amide bonds. The number of hydrogen-bond donors (Lipinski definition) is 1. The molecule has 4 aromatic carbocycles. The molecular weight excluding hydrogens is 622 g/mol. The molecule has 1 N–H and O–H groups in total. The van der Waals surface area contributed by atoms with E-state index in [4.69, 9.17) is 16.3 Å². The molecule has 0 heterocycles. The molecule has 4 rings (SSSR count). The van der Waals surface area contributed by atoms with Gasteiger partial charge in [0, 0.05) is 24.5 Å². The lowest BCUT2D eigenvalue weighted by Gasteiger charge is -2.34. The van der Waals surface area contributed by atoms with Crippen molar-refractivity contribution in [2.45, 2.75) is 44.7 Å². The van der Waals surface area contributed by atoms with E-state index in [1.807, 2.05) is 57.2 Å². The highest BCUT2D eigenvalue weighted by molar-refractivity contribution is 7.92. The summed E-state index contributed by atoms with van der Waals surface area (Å²) in [5, 5.41) is 3.47. The Morgan fingerprint density at radius 2 is 1.52 bits per heavy atom. The summed E-state index contributed by atoms with van der Waals surface area (Å²) in [4.78, 5) is 29.8. The van der Waals surface area contributed by atoms with E-state index in [1.165, 1.54) is 24.1 Å². The zero-order valence-corrected chi connectivity index (χ0v) is 28.1. The van der Waals surface area contributed by atoms with Gasteiger partial charge in [-0.3, -0.25) is 13.9 Å². The van der Waals surface area contributed by atoms with Crippen LogP contribution in [0.15, 0.2) is 108 Å². The van der Waals surface area contributed by atoms with E-state index in [-0.39, 0.29) is 29.7 Å². The smallest absolute Gasteiger partial charge is 0.264 e. The number of nitrogens with one attached hydrogen (secondary N) is 1. The van der Waals surface area contributed by atoms with Crippen molar-refractivity contribution in [3.8, 4) is 5.75 Å². The lowest BCUT2D eigenvalue weighted by atomic mass is 10.0. The summed E-state index contributed by atoms with van der Waals surface area (Å²) in [6, 6.07) is 28.5. The van der Waals surface area contributed by atoms with E-state index in [1.54, 1.807) is 54.6 Å². The first kappa shape index (κ1) is 34.5. The summed E-state index contributed by atoms with van der Waals surface area (Å²) < 4.78 is 34.6. The molecule has 0 bridgehead atoms. The highest BCUT2D eigenvalue weighted by Crippen LogP contribution is 2.27. The molecule has 0 spiro atoms. The molecule has 0 saturated carbocycles. The minimum absolute atomic E-state index is 0.00132. The van der Waals surface area contributed by atoms with Crippen LogP contribution in [-0.2, 0) is 32.6 Å². The van der Waals surface area contributed by atoms with Crippen molar-refractivity contribution >= 4 is 39.1 Å². The molecule has 0 aliphatic rings. The van der Waals surface area contributed by atoms with Gasteiger partial charge in [-0.05, 0) is 72.5 Å². The molecule has 0 saturated heterocycles. The second-order valence-electron chi connectivity index (χ2n) is 11.5. The number of aryl methyl sites for hydroxylation is 1. The third-order valence-corrected chi connectivity index (χ3v) is 9.47. The number of nitrogens with zero attached hydrogens (tertiary/aromatic N) is 2. The maximum atomic E-state index is 14.5. The Kier molecular flexibility index (Phi) is 11.8. The van der Waals surface area contributed by atoms with Crippen molar-refractivity contribution < 1.29 is 22.7 Å². The van der Waals surface area contributed by atoms with Crippen molar-refractivity contribution in [1.82, 2.24) is 10.2 Å². The summed E-state index contributed by atoms with van der Waals surface area (Å²) in [7, 11) is -2.72. The predicted octanol–water partition coefficient (Wildman–Crippen LogP) is 6.26. The molecule has 46 heavy (non-hydrogen) atoms. The average molecular weight is 662 g/mol. The summed E-state index contributed by atoms with van der Waals surface area (Å²) in [5.41, 5.74) is 2.82. The summed E-state index contributed by atoms with van der Waals surface area (Å²) in [6.45, 7) is 5.80. The number of amides is 2. The zero-order chi connectivity index (χ0) is 33.3. The largest absolute Gasteiger partial charge is 0.497 e. The Morgan fingerprint density at radius 1 is 0.870 bits per heavy atom. The zero-order valence-electron chi connectivity index (χ0n) is 26.5. The minimum Gasteiger partial charge on any atom is -0.497 e. The molecule has 0 aliphatic heterocycles. The fourth-order valence-corrected chi connectivity index (χ4v) is 6.55. The summed E-state index contributed by atoms with van der Waals surface area (Å²) in [6.07, 6.45) is 0.229. The van der Waals surface area contributed by atoms with Gasteiger partial charge in [0.05, 0.1) is 17.7 Å². The lowest BCUT2D eigenvalue weighted by molar-refractivity contribution is -0.140. The lowest BCUT2D eigenvalue weighted by Crippen LogP contribution is -2.53. The quantitative estimate of drug-likeness (QED) is 0.172. The van der Waals surface area contributed by atoms with Crippen molar-refractivity contribution in [2.24, 2.45) is 5.92 Å². The van der Waals surface area contributed by atoms with Crippen LogP contribution in [0.3, 0.4) is 0 Å². The van der Waals surface area contributed by atoms with Crippen LogP contribution in [0.1, 0.15) is 30.5 Å². The van der Waals surface area contributed by atoms with Crippen LogP contribution in [0.25, 0.3) is 0 Å². The molecule has 8 nitrogen and oxygen atoms in total. The van der Waals surface area contributed by atoms with Gasteiger partial charge in [0.2, 0.25) is 11.8 Å². The molecule has 0 unspecified atom stereocenters. The normalized spacial score (nSPS) is 12.0. The van der Waals surface area contributed by atoms with Gasteiger partial charge in [0.25, 0.3) is 10.0 Å². The number of sulfonamides is 1. The molecule has 1 atom stereocenters. The van der Waals surface area contributed by atoms with Gasteiger partial charge in [-0.15, -0.1) is 0 Å². The Bertz CT molecular complexity index is 1710. The number of methoxy groups -OCH3 is 1. The monoisotopic (exact) mass is 661 g/mol. The maximum absolute atomic E-state index is 14.5. The summed E-state index contributed by atoms with van der Waals surface area (Å²) >= 11 is 6.31. The molecule has 0 aliphatic carbocycles. The number of ether oxygens (including phenoxy) is 1. The van der Waals surface area contributed by atoms with E-state index >= 15 is 0 Å². The van der Waals surface area contributed by atoms with Crippen molar-refractivity contribution in [1.29, 1.82) is 0 Å². The highest BCUT2D eigenvalue weighted by atomic mass is 35.5. The second kappa shape index (κ2) is 15.8. The minimum atomic E-state index is -4.22. The van der Waals surface area contributed by atoms with Crippen LogP contribution in [0.4, 0.5) is 5.69 Å². The first-order valence-electron chi connectivity index (χ1n) is 15.1. The predicted molar refractivity (Wildman–Crippen MR) is 182 cm³/mol. The van der Waals surface area contributed by atoms with Gasteiger partial charge in [-0.25, -0.2) is 8.42 Å². The van der Waals surface area contributed by atoms with Crippen LogP contribution in [0.2, 0.25) is 5.02 Å². The standard InChI is InChI=1S/C36H40ClN3O5S/c1-26(2)23-38-36(42)34(22-28-9-6-5-7-10-28)39(24-29-11-8-12-30(37)21-29)35(41)25-40(31-15-13-27(3)14-16-31)46(43,44)33-19-17-32(45-4)18-20-33/h5-21,26,34H,22-25H2,1-4H3,(H,38,42)/t34-/m1/s1. The topological polar surface area (TPSA) is 96.0 Å². The highest BCUT2D eigenvalue weighted by Gasteiger charge is 2.34. The molecule has 242 valence electrons. The van der Waals surface area contributed by atoms with Gasteiger partial charge >= 0.3 is 0 Å². The van der Waals surface area contributed by atoms with Crippen LogP contribution >= 0.6 is 11.6 Å². The number of benzene rings is 4. The number of rotatable bonds is 14. The van der Waals surface area contributed by atoms with E-state index in [0.717, 1.165) is 15.4 Å². The van der Waals surface area contributed by atoms with E-state index in [0.29, 0.717) is 28.6 Å². The fourth-order valence-electron chi connectivity index (χ4n) is 4.92. The van der Waals surface area contributed by atoms with Crippen molar-refractivity contribution in [3.05, 3.63) is 125 Å². The summed E-state index contributed by atoms with van der Waals surface area (Å²) in [5.74, 6) is -0.183. The number of halogens is 1. The van der Waals surface area contributed by atoms with E-state index in [2.05, 4.69) is 5.32 Å². The van der Waals surface area contributed by atoms with E-state index < -0.39 is 28.5 Å². The maximum Gasteiger partial charge on any atom is 0.264 e. The average Bonchev–Trinajstić information content (AvgIpc) is 3.05. The molecule has 4 aromatic rings. The first-order chi connectivity index (χ1) is 22.0. The van der Waals surface area contributed by atoms with Gasteiger partial charge in [0.1, 0.15) is 18.3 Å². The van der Waals surface area contributed by atoms with Crippen LogP contribution in [0, 0.1) is 12.8 Å².